The van der Waals surface area contributed by atoms with E-state index < -0.39 is 11.8 Å². The number of nitrogens with zero attached hydrogens (tertiary/aromatic N) is 1. The second-order valence-corrected chi connectivity index (χ2v) is 2.42. The van der Waals surface area contributed by atoms with Crippen LogP contribution in [-0.2, 0) is 14.4 Å². The Kier molecular flexibility index (Phi) is 1.95. The van der Waals surface area contributed by atoms with E-state index in [9.17, 15) is 14.4 Å². The summed E-state index contributed by atoms with van der Waals surface area (Å²) in [6.45, 7) is 0. The van der Waals surface area contributed by atoms with Crippen molar-refractivity contribution in [1.29, 1.82) is 0 Å². The Morgan fingerprint density at radius 2 is 2.17 bits per heavy atom. The van der Waals surface area contributed by atoms with Crippen molar-refractivity contribution in [2.45, 2.75) is 6.42 Å². The van der Waals surface area contributed by atoms with E-state index in [0.717, 1.165) is 11.0 Å². The predicted molar refractivity (Wildman–Crippen MR) is 38.1 cm³/mol. The molecular formula is C7H7NO4. The first-order valence-corrected chi connectivity index (χ1v) is 3.26. The third-order valence-corrected chi connectivity index (χ3v) is 1.59. The van der Waals surface area contributed by atoms with E-state index in [4.69, 9.17) is 5.11 Å². The van der Waals surface area contributed by atoms with Crippen LogP contribution in [0, 0.1) is 0 Å². The molecule has 12 heavy (non-hydrogen) atoms. The molecule has 0 aliphatic carbocycles. The van der Waals surface area contributed by atoms with Crippen LogP contribution in [0.1, 0.15) is 6.42 Å². The molecule has 0 radical (unpaired) electrons. The molecule has 5 nitrogen and oxygen atoms in total. The molecule has 1 heterocycles. The van der Waals surface area contributed by atoms with E-state index in [1.807, 2.05) is 0 Å². The van der Waals surface area contributed by atoms with Crippen molar-refractivity contribution in [1.82, 2.24) is 4.90 Å². The minimum Gasteiger partial charge on any atom is -0.478 e. The van der Waals surface area contributed by atoms with E-state index in [1.54, 1.807) is 0 Å². The van der Waals surface area contributed by atoms with Gasteiger partial charge in [0.05, 0.1) is 18.2 Å². The van der Waals surface area contributed by atoms with E-state index in [2.05, 4.69) is 0 Å². The first-order valence-electron chi connectivity index (χ1n) is 3.26. The molecule has 1 aliphatic rings. The Bertz CT molecular complexity index is 292. The highest BCUT2D eigenvalue weighted by atomic mass is 16.4. The largest absolute Gasteiger partial charge is 0.478 e. The number of likely N-dealkylation sites (N-methyl/N-ethyl adjacent to an activating group) is 1. The van der Waals surface area contributed by atoms with Crippen LogP contribution in [0.5, 0.6) is 0 Å². The number of carbonyl (C=O) groups excluding carboxylic acids is 2. The summed E-state index contributed by atoms with van der Waals surface area (Å²) in [7, 11) is 1.38. The Balaban J connectivity index is 2.98. The molecule has 5 heteroatoms. The molecule has 0 atom stereocenters. The molecule has 0 spiro atoms. The number of carboxylic acids is 1. The quantitative estimate of drug-likeness (QED) is 0.419. The zero-order valence-electron chi connectivity index (χ0n) is 6.40. The summed E-state index contributed by atoms with van der Waals surface area (Å²) in [5.41, 5.74) is -0.0486. The minimum absolute atomic E-state index is 0.0486. The normalized spacial score (nSPS) is 20.8. The number of amides is 1. The third-order valence-electron chi connectivity index (χ3n) is 1.59. The second-order valence-electron chi connectivity index (χ2n) is 2.42. The number of rotatable bonds is 1. The molecule has 1 rings (SSSR count). The van der Waals surface area contributed by atoms with Gasteiger partial charge >= 0.3 is 5.97 Å². The van der Waals surface area contributed by atoms with E-state index in [-0.39, 0.29) is 18.0 Å². The number of ketones is 1. The molecule has 1 N–H and O–H groups in total. The lowest BCUT2D eigenvalue weighted by Crippen LogP contribution is -2.18. The molecule has 0 unspecified atom stereocenters. The lowest BCUT2D eigenvalue weighted by Gasteiger charge is -2.06. The highest BCUT2D eigenvalue weighted by molar-refractivity contribution is 6.16. The zero-order chi connectivity index (χ0) is 9.30. The summed E-state index contributed by atoms with van der Waals surface area (Å²) in [5, 5.41) is 8.33. The number of Topliss-reactive ketones (excluding diaryl/α,β-unsaturated/α-hetero) is 1. The van der Waals surface area contributed by atoms with Gasteiger partial charge in [0.2, 0.25) is 5.91 Å². The molecule has 0 aromatic carbocycles. The van der Waals surface area contributed by atoms with Crippen LogP contribution >= 0.6 is 0 Å². The number of carboxylic acid groups (broad SMARTS) is 1. The van der Waals surface area contributed by atoms with Gasteiger partial charge < -0.3 is 10.0 Å². The van der Waals surface area contributed by atoms with Gasteiger partial charge in [-0.15, -0.1) is 0 Å². The van der Waals surface area contributed by atoms with Crippen molar-refractivity contribution in [3.63, 3.8) is 0 Å². The van der Waals surface area contributed by atoms with Gasteiger partial charge in [0.25, 0.3) is 0 Å². The van der Waals surface area contributed by atoms with E-state index in [1.165, 1.54) is 7.05 Å². The molecule has 0 saturated carbocycles. The van der Waals surface area contributed by atoms with Crippen LogP contribution in [0.15, 0.2) is 11.8 Å². The SMILES string of the molecule is CN1C(=O)CC(=O)/C1=C/C(=O)O. The minimum atomic E-state index is -1.22. The van der Waals surface area contributed by atoms with Crippen molar-refractivity contribution in [2.75, 3.05) is 7.05 Å². The zero-order valence-corrected chi connectivity index (χ0v) is 6.40. The fraction of sp³-hybridized carbons (Fsp3) is 0.286. The maximum absolute atomic E-state index is 10.9. The molecular weight excluding hydrogens is 162 g/mol. The van der Waals surface area contributed by atoms with Crippen molar-refractivity contribution >= 4 is 17.7 Å². The Hall–Kier alpha value is -1.65. The monoisotopic (exact) mass is 169 g/mol. The first kappa shape index (κ1) is 8.45. The number of likely N-dealkylation sites (tertiary alicyclic amines) is 1. The van der Waals surface area contributed by atoms with E-state index in [0.29, 0.717) is 0 Å². The van der Waals surface area contributed by atoms with Gasteiger partial charge in [0.1, 0.15) is 0 Å². The van der Waals surface area contributed by atoms with Crippen LogP contribution in [0.25, 0.3) is 0 Å². The third kappa shape index (κ3) is 1.34. The van der Waals surface area contributed by atoms with Crippen molar-refractivity contribution in [3.8, 4) is 0 Å². The van der Waals surface area contributed by atoms with Gasteiger partial charge in [-0.05, 0) is 0 Å². The van der Waals surface area contributed by atoms with Crippen LogP contribution in [0.3, 0.4) is 0 Å². The number of carbonyl (C=O) groups is 3. The molecule has 1 amide bonds. The maximum Gasteiger partial charge on any atom is 0.330 e. The smallest absolute Gasteiger partial charge is 0.330 e. The molecule has 1 aliphatic heterocycles. The summed E-state index contributed by atoms with van der Waals surface area (Å²) in [4.78, 5) is 33.0. The standard InChI is InChI=1S/C7H7NO4/c1-8-4(2-7(11)12)5(9)3-6(8)10/h2H,3H2,1H3,(H,11,12)/b4-2-. The van der Waals surface area contributed by atoms with Crippen LogP contribution in [0.2, 0.25) is 0 Å². The summed E-state index contributed by atoms with van der Waals surface area (Å²) in [6, 6.07) is 0. The van der Waals surface area contributed by atoms with Gasteiger partial charge in [-0.3, -0.25) is 9.59 Å². The van der Waals surface area contributed by atoms with Gasteiger partial charge in [-0.2, -0.15) is 0 Å². The predicted octanol–water partition coefficient (Wildman–Crippen LogP) is -0.614. The molecule has 0 aromatic heterocycles. The summed E-state index contributed by atoms with van der Waals surface area (Å²) < 4.78 is 0. The van der Waals surface area contributed by atoms with Crippen LogP contribution in [0.4, 0.5) is 0 Å². The molecule has 0 bridgehead atoms. The number of aliphatic carboxylic acids is 1. The second kappa shape index (κ2) is 2.77. The highest BCUT2D eigenvalue weighted by Crippen LogP contribution is 2.15. The van der Waals surface area contributed by atoms with Crippen LogP contribution < -0.4 is 0 Å². The molecule has 1 fully saturated rings. The maximum atomic E-state index is 10.9. The topological polar surface area (TPSA) is 74.7 Å². The van der Waals surface area contributed by atoms with Crippen molar-refractivity contribution in [2.24, 2.45) is 0 Å². The fourth-order valence-corrected chi connectivity index (χ4v) is 0.962. The van der Waals surface area contributed by atoms with Crippen LogP contribution in [-0.4, -0.2) is 34.7 Å². The van der Waals surface area contributed by atoms with Gasteiger partial charge in [0.15, 0.2) is 5.78 Å². The number of hydrogen-bond donors (Lipinski definition) is 1. The lowest BCUT2D eigenvalue weighted by molar-refractivity contribution is -0.131. The van der Waals surface area contributed by atoms with Gasteiger partial charge in [-0.1, -0.05) is 0 Å². The lowest BCUT2D eigenvalue weighted by atomic mass is 10.3. The Morgan fingerprint density at radius 3 is 2.50 bits per heavy atom. The fourth-order valence-electron chi connectivity index (χ4n) is 0.962. The summed E-state index contributed by atoms with van der Waals surface area (Å²) in [5.74, 6) is -2.03. The van der Waals surface area contributed by atoms with Gasteiger partial charge in [0, 0.05) is 7.05 Å². The van der Waals surface area contributed by atoms with Gasteiger partial charge in [-0.25, -0.2) is 4.79 Å². The Morgan fingerprint density at radius 1 is 1.58 bits per heavy atom. The van der Waals surface area contributed by atoms with Crippen molar-refractivity contribution in [3.05, 3.63) is 11.8 Å². The average Bonchev–Trinajstić information content (AvgIpc) is 2.16. The number of hydrogen-bond acceptors (Lipinski definition) is 3. The highest BCUT2D eigenvalue weighted by Gasteiger charge is 2.30. The first-order chi connectivity index (χ1) is 5.52. The average molecular weight is 169 g/mol. The molecule has 64 valence electrons. The number of allylic oxidation sites excluding steroid dienone is 1. The molecule has 1 saturated heterocycles. The molecule has 0 aromatic rings. The summed E-state index contributed by atoms with van der Waals surface area (Å²) in [6.07, 6.45) is 0.517. The van der Waals surface area contributed by atoms with Crippen molar-refractivity contribution < 1.29 is 19.5 Å². The summed E-state index contributed by atoms with van der Waals surface area (Å²) >= 11 is 0. The Labute approximate surface area is 68.3 Å². The van der Waals surface area contributed by atoms with E-state index >= 15 is 0 Å².